The van der Waals surface area contributed by atoms with E-state index in [1.807, 2.05) is 13.0 Å². The number of hydrogen-bond acceptors (Lipinski definition) is 3. The highest BCUT2D eigenvalue weighted by atomic mass is 16.3. The normalized spacial score (nSPS) is 12.8. The summed E-state index contributed by atoms with van der Waals surface area (Å²) in [4.78, 5) is 4.17. The van der Waals surface area contributed by atoms with E-state index in [1.54, 1.807) is 12.3 Å². The lowest BCUT2D eigenvalue weighted by molar-refractivity contribution is 0.234. The van der Waals surface area contributed by atoms with Crippen LogP contribution in [0.2, 0.25) is 0 Å². The van der Waals surface area contributed by atoms with Crippen LogP contribution in [0.3, 0.4) is 0 Å². The second-order valence-electron chi connectivity index (χ2n) is 3.26. The summed E-state index contributed by atoms with van der Waals surface area (Å²) < 4.78 is 0. The van der Waals surface area contributed by atoms with E-state index in [1.165, 1.54) is 0 Å². The van der Waals surface area contributed by atoms with Crippen molar-refractivity contribution in [2.75, 3.05) is 6.61 Å². The predicted molar refractivity (Wildman–Crippen MR) is 50.1 cm³/mol. The molecule has 0 unspecified atom stereocenters. The molecule has 3 nitrogen and oxygen atoms in total. The van der Waals surface area contributed by atoms with Crippen molar-refractivity contribution >= 4 is 0 Å². The summed E-state index contributed by atoms with van der Waals surface area (Å²) in [5.74, 6) is 0.195. The van der Waals surface area contributed by atoms with Crippen molar-refractivity contribution in [2.45, 2.75) is 20.0 Å². The summed E-state index contributed by atoms with van der Waals surface area (Å²) in [6.45, 7) is 2.12. The zero-order chi connectivity index (χ0) is 9.68. The molecule has 0 aliphatic carbocycles. The number of aliphatic hydroxyl groups excluding tert-OH is 2. The SMILES string of the molecule is C[C@@H](CO)Cc1ncccc1CO. The number of aliphatic hydroxyl groups is 2. The largest absolute Gasteiger partial charge is 0.396 e. The Morgan fingerprint density at radius 1 is 1.46 bits per heavy atom. The maximum atomic E-state index is 9.00. The zero-order valence-electron chi connectivity index (χ0n) is 7.77. The van der Waals surface area contributed by atoms with Crippen molar-refractivity contribution < 1.29 is 10.2 Å². The van der Waals surface area contributed by atoms with Crippen LogP contribution in [0.5, 0.6) is 0 Å². The minimum Gasteiger partial charge on any atom is -0.396 e. The van der Waals surface area contributed by atoms with Crippen molar-refractivity contribution in [3.8, 4) is 0 Å². The van der Waals surface area contributed by atoms with E-state index in [9.17, 15) is 0 Å². The van der Waals surface area contributed by atoms with E-state index in [0.717, 1.165) is 11.3 Å². The Hall–Kier alpha value is -0.930. The van der Waals surface area contributed by atoms with Gasteiger partial charge in [0.15, 0.2) is 0 Å². The highest BCUT2D eigenvalue weighted by Gasteiger charge is 2.06. The predicted octanol–water partition coefficient (Wildman–Crippen LogP) is 0.745. The molecule has 2 N–H and O–H groups in total. The quantitative estimate of drug-likeness (QED) is 0.720. The Balaban J connectivity index is 2.74. The van der Waals surface area contributed by atoms with Gasteiger partial charge in [-0.1, -0.05) is 13.0 Å². The fourth-order valence-corrected chi connectivity index (χ4v) is 1.19. The van der Waals surface area contributed by atoms with Gasteiger partial charge in [0.1, 0.15) is 0 Å². The van der Waals surface area contributed by atoms with Gasteiger partial charge in [0.05, 0.1) is 6.61 Å². The van der Waals surface area contributed by atoms with E-state index in [2.05, 4.69) is 4.98 Å². The molecule has 0 bridgehead atoms. The van der Waals surface area contributed by atoms with Gasteiger partial charge in [-0.25, -0.2) is 0 Å². The highest BCUT2D eigenvalue weighted by molar-refractivity contribution is 5.19. The number of rotatable bonds is 4. The molecule has 3 heteroatoms. The molecule has 1 aromatic heterocycles. The average molecular weight is 181 g/mol. The van der Waals surface area contributed by atoms with Crippen LogP contribution in [-0.4, -0.2) is 21.8 Å². The van der Waals surface area contributed by atoms with Gasteiger partial charge in [0.2, 0.25) is 0 Å². The summed E-state index contributed by atoms with van der Waals surface area (Å²) in [6.07, 6.45) is 2.42. The maximum Gasteiger partial charge on any atom is 0.0699 e. The van der Waals surface area contributed by atoms with Crippen molar-refractivity contribution in [3.05, 3.63) is 29.6 Å². The van der Waals surface area contributed by atoms with Gasteiger partial charge in [-0.3, -0.25) is 4.98 Å². The molecule has 0 saturated heterocycles. The van der Waals surface area contributed by atoms with Crippen LogP contribution in [0.4, 0.5) is 0 Å². The second-order valence-corrected chi connectivity index (χ2v) is 3.26. The molecule has 1 heterocycles. The second kappa shape index (κ2) is 4.94. The monoisotopic (exact) mass is 181 g/mol. The third-order valence-electron chi connectivity index (χ3n) is 2.01. The highest BCUT2D eigenvalue weighted by Crippen LogP contribution is 2.10. The molecule has 0 spiro atoms. The van der Waals surface area contributed by atoms with Crippen LogP contribution >= 0.6 is 0 Å². The fraction of sp³-hybridized carbons (Fsp3) is 0.500. The number of pyridine rings is 1. The van der Waals surface area contributed by atoms with E-state index in [0.29, 0.717) is 6.42 Å². The molecule has 0 saturated carbocycles. The van der Waals surface area contributed by atoms with Crippen LogP contribution < -0.4 is 0 Å². The van der Waals surface area contributed by atoms with Gasteiger partial charge < -0.3 is 10.2 Å². The van der Waals surface area contributed by atoms with Crippen molar-refractivity contribution in [1.29, 1.82) is 0 Å². The first-order chi connectivity index (χ1) is 6.27. The van der Waals surface area contributed by atoms with Gasteiger partial charge in [-0.15, -0.1) is 0 Å². The molecule has 0 aliphatic rings. The third-order valence-corrected chi connectivity index (χ3v) is 2.01. The topological polar surface area (TPSA) is 53.4 Å². The molecular formula is C10H15NO2. The lowest BCUT2D eigenvalue weighted by atomic mass is 10.0. The summed E-state index contributed by atoms with van der Waals surface area (Å²) >= 11 is 0. The van der Waals surface area contributed by atoms with Crippen molar-refractivity contribution in [1.82, 2.24) is 4.98 Å². The maximum absolute atomic E-state index is 9.00. The van der Waals surface area contributed by atoms with Gasteiger partial charge in [-0.2, -0.15) is 0 Å². The third kappa shape index (κ3) is 2.79. The lowest BCUT2D eigenvalue weighted by Crippen LogP contribution is -2.08. The minimum absolute atomic E-state index is 0.0152. The Morgan fingerprint density at radius 2 is 2.23 bits per heavy atom. The summed E-state index contributed by atoms with van der Waals surface area (Å²) in [5, 5.41) is 17.9. The summed E-state index contributed by atoms with van der Waals surface area (Å²) in [5.41, 5.74) is 1.73. The molecule has 1 rings (SSSR count). The Kier molecular flexibility index (Phi) is 3.86. The minimum atomic E-state index is 0.0152. The Morgan fingerprint density at radius 3 is 2.85 bits per heavy atom. The zero-order valence-corrected chi connectivity index (χ0v) is 7.77. The van der Waals surface area contributed by atoms with Gasteiger partial charge in [0.25, 0.3) is 0 Å². The van der Waals surface area contributed by atoms with Gasteiger partial charge >= 0.3 is 0 Å². The molecule has 1 atom stereocenters. The number of aromatic nitrogens is 1. The van der Waals surface area contributed by atoms with Crippen LogP contribution in [0.1, 0.15) is 18.2 Å². The average Bonchev–Trinajstić information content (AvgIpc) is 2.18. The van der Waals surface area contributed by atoms with E-state index >= 15 is 0 Å². The molecule has 0 aromatic carbocycles. The Labute approximate surface area is 78.1 Å². The summed E-state index contributed by atoms with van der Waals surface area (Å²) in [6, 6.07) is 3.66. The van der Waals surface area contributed by atoms with Crippen LogP contribution in [0.25, 0.3) is 0 Å². The lowest BCUT2D eigenvalue weighted by Gasteiger charge is -2.09. The first kappa shape index (κ1) is 10.2. The van der Waals surface area contributed by atoms with E-state index < -0.39 is 0 Å². The first-order valence-corrected chi connectivity index (χ1v) is 4.42. The van der Waals surface area contributed by atoms with E-state index in [-0.39, 0.29) is 19.1 Å². The first-order valence-electron chi connectivity index (χ1n) is 4.42. The van der Waals surface area contributed by atoms with Crippen LogP contribution in [-0.2, 0) is 13.0 Å². The molecule has 13 heavy (non-hydrogen) atoms. The molecule has 0 aliphatic heterocycles. The van der Waals surface area contributed by atoms with Gasteiger partial charge in [-0.05, 0) is 24.0 Å². The smallest absolute Gasteiger partial charge is 0.0699 e. The number of hydrogen-bond donors (Lipinski definition) is 2. The van der Waals surface area contributed by atoms with E-state index in [4.69, 9.17) is 10.2 Å². The van der Waals surface area contributed by atoms with Crippen LogP contribution in [0.15, 0.2) is 18.3 Å². The molecule has 1 aromatic rings. The summed E-state index contributed by atoms with van der Waals surface area (Å²) in [7, 11) is 0. The van der Waals surface area contributed by atoms with Crippen LogP contribution in [0, 0.1) is 5.92 Å². The van der Waals surface area contributed by atoms with Crippen molar-refractivity contribution in [3.63, 3.8) is 0 Å². The van der Waals surface area contributed by atoms with Crippen molar-refractivity contribution in [2.24, 2.45) is 5.92 Å². The standard InChI is InChI=1S/C10H15NO2/c1-8(6-12)5-10-9(7-13)3-2-4-11-10/h2-4,8,12-13H,5-7H2,1H3/t8-/m1/s1. The fourth-order valence-electron chi connectivity index (χ4n) is 1.19. The van der Waals surface area contributed by atoms with Gasteiger partial charge in [0, 0.05) is 18.5 Å². The Bertz CT molecular complexity index is 263. The molecule has 72 valence electrons. The number of nitrogens with zero attached hydrogens (tertiary/aromatic N) is 1. The molecule has 0 radical (unpaired) electrons. The molecular weight excluding hydrogens is 166 g/mol. The molecule has 0 fully saturated rings. The molecule has 0 amide bonds.